The van der Waals surface area contributed by atoms with Gasteiger partial charge in [0, 0.05) is 26.4 Å². The van der Waals surface area contributed by atoms with Crippen LogP contribution < -0.4 is 0 Å². The topological polar surface area (TPSA) is 27.7 Å². The normalized spacial score (nSPS) is 14.1. The van der Waals surface area contributed by atoms with Gasteiger partial charge in [-0.25, -0.2) is 0 Å². The van der Waals surface area contributed by atoms with Crippen molar-refractivity contribution in [2.24, 2.45) is 0 Å². The molecule has 0 aromatic carbocycles. The van der Waals surface area contributed by atoms with Gasteiger partial charge in [0.1, 0.15) is 0 Å². The molecule has 3 nitrogen and oxygen atoms in total. The standard InChI is InChI=1S/C16H39Cl3O3Si4/c1-23(2,17)14-8-11-20-26(7,21-12-9-15-24(3,4)18)22-13-10-16-25(5,6)19/h8-16H2,1-7H3. The van der Waals surface area contributed by atoms with Crippen molar-refractivity contribution in [1.29, 1.82) is 0 Å². The summed E-state index contributed by atoms with van der Waals surface area (Å²) in [6.45, 7) is 16.9. The van der Waals surface area contributed by atoms with Gasteiger partial charge in [0.15, 0.2) is 22.2 Å². The van der Waals surface area contributed by atoms with E-state index in [1.165, 1.54) is 0 Å². The zero-order chi connectivity index (χ0) is 20.5. The van der Waals surface area contributed by atoms with E-state index in [1.54, 1.807) is 0 Å². The highest BCUT2D eigenvalue weighted by Gasteiger charge is 2.35. The Morgan fingerprint density at radius 2 is 0.731 bits per heavy atom. The molecule has 0 aliphatic carbocycles. The SMILES string of the molecule is C[Si](C)(Cl)CCCO[Si](C)(OCCC[Si](C)(C)Cl)OCCC[Si](C)(C)Cl. The monoisotopic (exact) mass is 496 g/mol. The molecule has 0 atom stereocenters. The maximum absolute atomic E-state index is 6.39. The van der Waals surface area contributed by atoms with Crippen molar-refractivity contribution in [3.8, 4) is 0 Å². The van der Waals surface area contributed by atoms with E-state index in [4.69, 9.17) is 46.5 Å². The Kier molecular flexibility index (Phi) is 13.1. The van der Waals surface area contributed by atoms with Gasteiger partial charge in [-0.2, -0.15) is 33.2 Å². The Morgan fingerprint density at radius 1 is 0.500 bits per heavy atom. The lowest BCUT2D eigenvalue weighted by molar-refractivity contribution is 0.0657. The molecule has 0 aromatic heterocycles. The number of rotatable bonds is 15. The van der Waals surface area contributed by atoms with E-state index in [2.05, 4.69) is 39.3 Å². The van der Waals surface area contributed by atoms with Crippen LogP contribution in [-0.4, -0.2) is 50.8 Å². The van der Waals surface area contributed by atoms with Gasteiger partial charge in [-0.1, -0.05) is 39.3 Å². The molecule has 0 amide bonds. The summed E-state index contributed by atoms with van der Waals surface area (Å²) < 4.78 is 18.3. The smallest absolute Gasteiger partial charge is 0.374 e. The van der Waals surface area contributed by atoms with Gasteiger partial charge in [0.25, 0.3) is 0 Å². The van der Waals surface area contributed by atoms with E-state index in [0.29, 0.717) is 19.8 Å². The molecule has 0 aliphatic rings. The first-order chi connectivity index (χ1) is 11.6. The van der Waals surface area contributed by atoms with Crippen LogP contribution >= 0.6 is 33.2 Å². The summed E-state index contributed by atoms with van der Waals surface area (Å²) in [5.41, 5.74) is 0. The minimum atomic E-state index is -2.62. The van der Waals surface area contributed by atoms with Crippen molar-refractivity contribution in [2.75, 3.05) is 19.8 Å². The Bertz CT molecular complexity index is 327. The number of hydrogen-bond donors (Lipinski definition) is 0. The van der Waals surface area contributed by atoms with Crippen LogP contribution in [0.25, 0.3) is 0 Å². The molecule has 26 heavy (non-hydrogen) atoms. The summed E-state index contributed by atoms with van der Waals surface area (Å²) in [5, 5.41) is 0. The largest absolute Gasteiger partial charge is 0.497 e. The van der Waals surface area contributed by atoms with Crippen molar-refractivity contribution in [1.82, 2.24) is 0 Å². The third kappa shape index (κ3) is 19.0. The van der Waals surface area contributed by atoms with E-state index in [1.807, 2.05) is 6.55 Å². The lowest BCUT2D eigenvalue weighted by Gasteiger charge is -2.27. The van der Waals surface area contributed by atoms with Crippen molar-refractivity contribution >= 4 is 64.2 Å². The third-order valence-electron chi connectivity index (χ3n) is 3.84. The lowest BCUT2D eigenvalue weighted by Crippen LogP contribution is -2.43. The van der Waals surface area contributed by atoms with Gasteiger partial charge in [0.05, 0.1) is 0 Å². The van der Waals surface area contributed by atoms with Crippen molar-refractivity contribution in [3.05, 3.63) is 0 Å². The third-order valence-corrected chi connectivity index (χ3v) is 12.4. The molecular weight excluding hydrogens is 459 g/mol. The van der Waals surface area contributed by atoms with E-state index >= 15 is 0 Å². The molecule has 0 bridgehead atoms. The van der Waals surface area contributed by atoms with E-state index in [-0.39, 0.29) is 0 Å². The zero-order valence-electron chi connectivity index (χ0n) is 17.7. The second-order valence-electron chi connectivity index (χ2n) is 8.87. The summed E-state index contributed by atoms with van der Waals surface area (Å²) in [4.78, 5) is 0. The lowest BCUT2D eigenvalue weighted by atomic mass is 10.5. The average Bonchev–Trinajstić information content (AvgIpc) is 2.42. The van der Waals surface area contributed by atoms with Crippen LogP contribution in [0.5, 0.6) is 0 Å². The fourth-order valence-corrected chi connectivity index (χ4v) is 8.33. The van der Waals surface area contributed by atoms with Crippen molar-refractivity contribution in [2.45, 2.75) is 83.2 Å². The predicted octanol–water partition coefficient (Wildman–Crippen LogP) is 7.11. The highest BCUT2D eigenvalue weighted by molar-refractivity contribution is 7.19. The van der Waals surface area contributed by atoms with Crippen LogP contribution in [-0.2, 0) is 13.3 Å². The second kappa shape index (κ2) is 12.3. The van der Waals surface area contributed by atoms with Crippen LogP contribution in [0.3, 0.4) is 0 Å². The van der Waals surface area contributed by atoms with Crippen LogP contribution in [0, 0.1) is 0 Å². The Morgan fingerprint density at radius 3 is 0.923 bits per heavy atom. The molecule has 10 heteroatoms. The maximum Gasteiger partial charge on any atom is 0.497 e. The molecule has 0 heterocycles. The van der Waals surface area contributed by atoms with Gasteiger partial charge < -0.3 is 13.3 Å². The summed E-state index contributed by atoms with van der Waals surface area (Å²) >= 11 is 19.2. The van der Waals surface area contributed by atoms with E-state index < -0.39 is 31.0 Å². The molecule has 0 unspecified atom stereocenters. The second-order valence-corrected chi connectivity index (χ2v) is 32.5. The Hall–Kier alpha value is 1.62. The van der Waals surface area contributed by atoms with Gasteiger partial charge in [-0.3, -0.25) is 0 Å². The molecule has 0 N–H and O–H groups in total. The van der Waals surface area contributed by atoms with Crippen LogP contribution in [0.2, 0.25) is 64.0 Å². The fourth-order valence-electron chi connectivity index (χ4n) is 2.38. The Balaban J connectivity index is 4.40. The molecule has 0 fully saturated rings. The van der Waals surface area contributed by atoms with E-state index in [9.17, 15) is 0 Å². The molecule has 0 saturated heterocycles. The van der Waals surface area contributed by atoms with Gasteiger partial charge >= 0.3 is 8.80 Å². The summed E-state index contributed by atoms with van der Waals surface area (Å²) in [5.74, 6) is 0. The first-order valence-electron chi connectivity index (χ1n) is 9.61. The zero-order valence-corrected chi connectivity index (χ0v) is 24.0. The highest BCUT2D eigenvalue weighted by Crippen LogP contribution is 2.21. The summed E-state index contributed by atoms with van der Waals surface area (Å²) in [6.07, 6.45) is 2.88. The van der Waals surface area contributed by atoms with E-state index in [0.717, 1.165) is 37.4 Å². The quantitative estimate of drug-likeness (QED) is 0.137. The first-order valence-corrected chi connectivity index (χ1v) is 24.5. The molecule has 158 valence electrons. The number of halogens is 3. The van der Waals surface area contributed by atoms with Gasteiger partial charge in [0.2, 0.25) is 0 Å². The minimum absolute atomic E-state index is 0.650. The van der Waals surface area contributed by atoms with Crippen molar-refractivity contribution in [3.63, 3.8) is 0 Å². The molecule has 0 aliphatic heterocycles. The minimum Gasteiger partial charge on any atom is -0.374 e. The maximum atomic E-state index is 6.39. The predicted molar refractivity (Wildman–Crippen MR) is 128 cm³/mol. The van der Waals surface area contributed by atoms with Crippen molar-refractivity contribution < 1.29 is 13.3 Å². The number of hydrogen-bond acceptors (Lipinski definition) is 3. The summed E-state index contributed by atoms with van der Waals surface area (Å²) in [7, 11) is -7.28. The van der Waals surface area contributed by atoms with Gasteiger partial charge in [-0.15, -0.1) is 0 Å². The summed E-state index contributed by atoms with van der Waals surface area (Å²) in [6, 6.07) is 3.12. The molecular formula is C16H39Cl3O3Si4. The van der Waals surface area contributed by atoms with Crippen LogP contribution in [0.15, 0.2) is 0 Å². The fraction of sp³-hybridized carbons (Fsp3) is 1.00. The molecule has 0 aromatic rings. The van der Waals surface area contributed by atoms with Crippen LogP contribution in [0.4, 0.5) is 0 Å². The van der Waals surface area contributed by atoms with Gasteiger partial charge in [-0.05, 0) is 37.4 Å². The molecule has 0 spiro atoms. The molecule has 0 saturated carbocycles. The molecule has 0 rings (SSSR count). The van der Waals surface area contributed by atoms with Crippen LogP contribution in [0.1, 0.15) is 19.3 Å². The average molecular weight is 498 g/mol. The molecule has 0 radical (unpaired) electrons. The highest BCUT2D eigenvalue weighted by atomic mass is 35.6. The Labute approximate surface area is 179 Å². The first kappa shape index (κ1) is 27.6.